The fourth-order valence-corrected chi connectivity index (χ4v) is 5.39. The molecule has 0 aromatic heterocycles. The second kappa shape index (κ2) is 5.38. The van der Waals surface area contributed by atoms with Crippen molar-refractivity contribution in [1.29, 1.82) is 0 Å². The van der Waals surface area contributed by atoms with E-state index in [1.165, 1.54) is 0 Å². The number of aliphatic hydroxyl groups excluding tert-OH is 1. The number of rotatable bonds is 2. The lowest BCUT2D eigenvalue weighted by atomic mass is 9.57. The molecule has 6 nitrogen and oxygen atoms in total. The second-order valence-electron chi connectivity index (χ2n) is 7.88. The zero-order valence-corrected chi connectivity index (χ0v) is 14.4. The van der Waals surface area contributed by atoms with Gasteiger partial charge in [-0.25, -0.2) is 9.78 Å². The highest BCUT2D eigenvalue weighted by Gasteiger charge is 2.71. The van der Waals surface area contributed by atoms with Gasteiger partial charge >= 0.3 is 0 Å². The van der Waals surface area contributed by atoms with E-state index < -0.39 is 23.8 Å². The average molecular weight is 328 g/mol. The van der Waals surface area contributed by atoms with Gasteiger partial charge in [0.05, 0.1) is 6.10 Å². The summed E-state index contributed by atoms with van der Waals surface area (Å²) in [6.07, 6.45) is 1.05. The van der Waals surface area contributed by atoms with Gasteiger partial charge in [0.25, 0.3) is 0 Å². The molecule has 4 heterocycles. The smallest absolute Gasteiger partial charge is 0.204 e. The van der Waals surface area contributed by atoms with Crippen LogP contribution in [0.1, 0.15) is 47.0 Å². The Bertz CT molecular complexity index is 472. The van der Waals surface area contributed by atoms with Crippen LogP contribution in [0.2, 0.25) is 0 Å². The minimum absolute atomic E-state index is 0.0550. The Morgan fingerprint density at radius 2 is 2.00 bits per heavy atom. The molecular formula is C17H28O6. The summed E-state index contributed by atoms with van der Waals surface area (Å²) in [4.78, 5) is 11.7. The highest BCUT2D eigenvalue weighted by atomic mass is 17.3. The standard InChI is InChI=1S/C17H28O6/c1-5-19-14-10(3)11-7-6-9(2)13-12(18)8-16(4)21-15(20-14)17(11,13)23-22-16/h9-15,18H,5-8H2,1-4H3/t9?,10-,11+,12?,13-,14+,15-,16-,17+/m1/s1. The third-order valence-corrected chi connectivity index (χ3v) is 6.38. The molecule has 1 N–H and O–H groups in total. The van der Waals surface area contributed by atoms with Gasteiger partial charge < -0.3 is 19.3 Å². The van der Waals surface area contributed by atoms with Crippen molar-refractivity contribution in [3.8, 4) is 0 Å². The van der Waals surface area contributed by atoms with Gasteiger partial charge in [-0.05, 0) is 32.6 Å². The molecule has 5 aliphatic rings. The fourth-order valence-electron chi connectivity index (χ4n) is 5.39. The van der Waals surface area contributed by atoms with E-state index in [2.05, 4.69) is 13.8 Å². The normalized spacial score (nSPS) is 58.6. The molecule has 9 atom stereocenters. The Labute approximate surface area is 137 Å². The van der Waals surface area contributed by atoms with Crippen LogP contribution in [0.25, 0.3) is 0 Å². The molecule has 132 valence electrons. The van der Waals surface area contributed by atoms with Gasteiger partial charge in [-0.3, -0.25) is 0 Å². The van der Waals surface area contributed by atoms with Crippen molar-refractivity contribution >= 4 is 0 Å². The number of hydrogen-bond donors (Lipinski definition) is 1. The van der Waals surface area contributed by atoms with Crippen molar-refractivity contribution in [1.82, 2.24) is 0 Å². The van der Waals surface area contributed by atoms with Crippen LogP contribution in [0.4, 0.5) is 0 Å². The molecule has 0 amide bonds. The van der Waals surface area contributed by atoms with Crippen molar-refractivity contribution in [2.45, 2.75) is 77.0 Å². The van der Waals surface area contributed by atoms with Crippen LogP contribution in [-0.2, 0) is 24.0 Å². The van der Waals surface area contributed by atoms with Crippen LogP contribution in [-0.4, -0.2) is 41.8 Å². The monoisotopic (exact) mass is 328 g/mol. The maximum atomic E-state index is 10.9. The van der Waals surface area contributed by atoms with Crippen LogP contribution >= 0.6 is 0 Å². The largest absolute Gasteiger partial charge is 0.392 e. The summed E-state index contributed by atoms with van der Waals surface area (Å²) in [6, 6.07) is 0. The van der Waals surface area contributed by atoms with Gasteiger partial charge in [-0.2, -0.15) is 0 Å². The Morgan fingerprint density at radius 1 is 1.22 bits per heavy atom. The lowest BCUT2D eigenvalue weighted by molar-refractivity contribution is -0.577. The Hall–Kier alpha value is -0.240. The van der Waals surface area contributed by atoms with Gasteiger partial charge in [0, 0.05) is 30.8 Å². The molecule has 0 radical (unpaired) electrons. The first kappa shape index (κ1) is 16.2. The number of hydrogen-bond acceptors (Lipinski definition) is 6. The molecule has 5 rings (SSSR count). The highest BCUT2D eigenvalue weighted by molar-refractivity contribution is 5.11. The number of aliphatic hydroxyl groups is 1. The summed E-state index contributed by atoms with van der Waals surface area (Å²) < 4.78 is 18.2. The summed E-state index contributed by atoms with van der Waals surface area (Å²) >= 11 is 0. The molecule has 1 saturated carbocycles. The zero-order valence-electron chi connectivity index (χ0n) is 14.4. The molecule has 0 aromatic carbocycles. The highest BCUT2D eigenvalue weighted by Crippen LogP contribution is 2.60. The van der Waals surface area contributed by atoms with Gasteiger partial charge in [0.1, 0.15) is 0 Å². The number of ether oxygens (including phenoxy) is 3. The summed E-state index contributed by atoms with van der Waals surface area (Å²) in [6.45, 7) is 8.68. The average Bonchev–Trinajstić information content (AvgIpc) is 2.66. The summed E-state index contributed by atoms with van der Waals surface area (Å²) in [7, 11) is 0. The lowest BCUT2D eigenvalue weighted by Crippen LogP contribution is -2.71. The minimum Gasteiger partial charge on any atom is -0.392 e. The van der Waals surface area contributed by atoms with E-state index in [1.807, 2.05) is 6.92 Å². The molecule has 6 heteroatoms. The first-order valence-electron chi connectivity index (χ1n) is 8.91. The van der Waals surface area contributed by atoms with Crippen molar-refractivity contribution in [3.05, 3.63) is 0 Å². The quantitative estimate of drug-likeness (QED) is 0.784. The van der Waals surface area contributed by atoms with Crippen LogP contribution < -0.4 is 0 Å². The van der Waals surface area contributed by atoms with Gasteiger partial charge in [0.2, 0.25) is 5.79 Å². The molecule has 0 aromatic rings. The predicted molar refractivity (Wildman–Crippen MR) is 79.8 cm³/mol. The molecule has 2 bridgehead atoms. The molecule has 2 unspecified atom stereocenters. The third-order valence-electron chi connectivity index (χ3n) is 6.38. The van der Waals surface area contributed by atoms with Crippen LogP contribution in [0.5, 0.6) is 0 Å². The third kappa shape index (κ3) is 2.16. The van der Waals surface area contributed by atoms with Crippen LogP contribution in [0.3, 0.4) is 0 Å². The second-order valence-corrected chi connectivity index (χ2v) is 7.88. The molecule has 1 aliphatic carbocycles. The van der Waals surface area contributed by atoms with E-state index in [9.17, 15) is 5.11 Å². The topological polar surface area (TPSA) is 66.4 Å². The van der Waals surface area contributed by atoms with Gasteiger partial charge in [-0.15, -0.1) is 0 Å². The molecule has 1 spiro atoms. The van der Waals surface area contributed by atoms with Crippen molar-refractivity contribution in [2.75, 3.05) is 6.61 Å². The fraction of sp³-hybridized carbons (Fsp3) is 1.00. The summed E-state index contributed by atoms with van der Waals surface area (Å²) in [5.41, 5.74) is -0.750. The van der Waals surface area contributed by atoms with Crippen molar-refractivity contribution < 1.29 is 29.1 Å². The Balaban J connectivity index is 1.79. The van der Waals surface area contributed by atoms with E-state index in [1.54, 1.807) is 6.92 Å². The van der Waals surface area contributed by atoms with Crippen LogP contribution in [0, 0.1) is 23.7 Å². The van der Waals surface area contributed by atoms with Crippen molar-refractivity contribution in [2.24, 2.45) is 23.7 Å². The predicted octanol–water partition coefficient (Wildman–Crippen LogP) is 2.20. The van der Waals surface area contributed by atoms with E-state index in [-0.39, 0.29) is 24.0 Å². The Kier molecular flexibility index (Phi) is 3.80. The van der Waals surface area contributed by atoms with E-state index in [0.29, 0.717) is 18.9 Å². The van der Waals surface area contributed by atoms with E-state index in [4.69, 9.17) is 24.0 Å². The van der Waals surface area contributed by atoms with Gasteiger partial charge in [0.15, 0.2) is 18.2 Å². The van der Waals surface area contributed by atoms with E-state index >= 15 is 0 Å². The summed E-state index contributed by atoms with van der Waals surface area (Å²) in [5.74, 6) is -0.371. The van der Waals surface area contributed by atoms with E-state index in [0.717, 1.165) is 12.8 Å². The lowest BCUT2D eigenvalue weighted by Gasteiger charge is -2.60. The minimum atomic E-state index is -0.978. The van der Waals surface area contributed by atoms with Crippen LogP contribution in [0.15, 0.2) is 0 Å². The summed E-state index contributed by atoms with van der Waals surface area (Å²) in [5, 5.41) is 10.9. The number of fused-ring (bicyclic) bond motifs is 2. The molecular weight excluding hydrogens is 300 g/mol. The Morgan fingerprint density at radius 3 is 2.74 bits per heavy atom. The molecule has 5 fully saturated rings. The van der Waals surface area contributed by atoms with Crippen molar-refractivity contribution in [3.63, 3.8) is 0 Å². The molecule has 4 saturated heterocycles. The maximum Gasteiger partial charge on any atom is 0.204 e. The SMILES string of the molecule is CCO[C@H]1O[C@@H]2O[C@@]3(C)CC(O)[C@H]4C(C)CC[C@@H]([C@H]1C)[C@@]24OO3. The molecule has 4 aliphatic heterocycles. The van der Waals surface area contributed by atoms with Gasteiger partial charge in [-0.1, -0.05) is 13.8 Å². The zero-order chi connectivity index (χ0) is 16.4. The molecule has 23 heavy (non-hydrogen) atoms. The maximum absolute atomic E-state index is 10.9. The first-order valence-corrected chi connectivity index (χ1v) is 8.91. The first-order chi connectivity index (χ1) is 10.9.